The van der Waals surface area contributed by atoms with Crippen molar-refractivity contribution in [2.45, 2.75) is 110 Å². The number of pyridine rings is 1. The second kappa shape index (κ2) is 16.9. The van der Waals surface area contributed by atoms with Crippen molar-refractivity contribution in [3.8, 4) is 5.88 Å². The minimum atomic E-state index is -0.638. The smallest absolute Gasteiger partial charge is 0.410 e. The summed E-state index contributed by atoms with van der Waals surface area (Å²) < 4.78 is 37.3. The molecule has 2 aromatic rings. The molecule has 296 valence electrons. The van der Waals surface area contributed by atoms with Crippen LogP contribution in [0.25, 0.3) is 0 Å². The number of aromatic nitrogens is 1. The zero-order valence-electron chi connectivity index (χ0n) is 32.8. The first kappa shape index (κ1) is 39.8. The normalized spacial score (nSPS) is 26.6. The second-order valence-electron chi connectivity index (χ2n) is 16.4. The molecule has 1 N–H and O–H groups in total. The number of carbonyl (C=O) groups is 3. The molecule has 5 heterocycles. The third-order valence-electron chi connectivity index (χ3n) is 10.7. The number of carbonyl (C=O) groups excluding carboxylic acids is 3. The molecule has 4 aliphatic heterocycles. The zero-order valence-corrected chi connectivity index (χ0v) is 32.8. The van der Waals surface area contributed by atoms with E-state index in [1.165, 1.54) is 12.1 Å². The molecular formula is C40H57FN6O7. The van der Waals surface area contributed by atoms with E-state index in [2.05, 4.69) is 29.0 Å². The summed E-state index contributed by atoms with van der Waals surface area (Å²) in [5, 5.41) is 2.97. The number of benzene rings is 1. The Hall–Kier alpha value is -3.85. The Kier molecular flexibility index (Phi) is 12.5. The summed E-state index contributed by atoms with van der Waals surface area (Å²) in [5.74, 6) is -0.643. The number of hydrogen-bond acceptors (Lipinski definition) is 10. The van der Waals surface area contributed by atoms with Crippen LogP contribution in [0.2, 0.25) is 0 Å². The maximum absolute atomic E-state index is 14.6. The Labute approximate surface area is 318 Å². The van der Waals surface area contributed by atoms with Crippen LogP contribution in [0.3, 0.4) is 0 Å². The van der Waals surface area contributed by atoms with E-state index >= 15 is 0 Å². The minimum Gasteiger partial charge on any atom is -0.474 e. The molecule has 54 heavy (non-hydrogen) atoms. The number of morpholine rings is 1. The number of fused-ring (bicyclic) bond motifs is 1. The molecule has 4 aliphatic rings. The molecule has 3 saturated heterocycles. The number of amides is 3. The van der Waals surface area contributed by atoms with E-state index in [0.29, 0.717) is 63.7 Å². The third-order valence-corrected chi connectivity index (χ3v) is 10.7. The van der Waals surface area contributed by atoms with Crippen LogP contribution in [-0.2, 0) is 25.4 Å². The van der Waals surface area contributed by atoms with Crippen LogP contribution in [0.5, 0.6) is 5.88 Å². The summed E-state index contributed by atoms with van der Waals surface area (Å²) in [6, 6.07) is 7.63. The Bertz CT molecular complexity index is 1640. The fourth-order valence-electron chi connectivity index (χ4n) is 7.88. The third kappa shape index (κ3) is 9.50. The largest absolute Gasteiger partial charge is 0.474 e. The van der Waals surface area contributed by atoms with E-state index in [0.717, 1.165) is 18.4 Å². The number of nitrogens with zero attached hydrogens (tertiary/aromatic N) is 5. The SMILES string of the molecule is C[C@@H]1CN(CC(=O)N2c3cc(Cc4ccc(F)cc4)c(C(=O)NC[C@H]4CCCO4)nc3OC[C@@H]2C)[C@@H](CN2[C@H](C)COC[C@H]2C)CN1C(=O)OC(C)(C)C. The monoisotopic (exact) mass is 752 g/mol. The van der Waals surface area contributed by atoms with E-state index in [4.69, 9.17) is 23.9 Å². The molecule has 13 nitrogen and oxygen atoms in total. The molecule has 0 saturated carbocycles. The van der Waals surface area contributed by atoms with Crippen molar-refractivity contribution in [2.24, 2.45) is 0 Å². The summed E-state index contributed by atoms with van der Waals surface area (Å²) in [6.07, 6.45) is 1.71. The first-order valence-corrected chi connectivity index (χ1v) is 19.4. The van der Waals surface area contributed by atoms with Gasteiger partial charge in [-0.1, -0.05) is 12.1 Å². The Morgan fingerprint density at radius 2 is 1.70 bits per heavy atom. The zero-order chi connectivity index (χ0) is 38.7. The Morgan fingerprint density at radius 3 is 2.37 bits per heavy atom. The maximum atomic E-state index is 14.6. The summed E-state index contributed by atoms with van der Waals surface area (Å²) in [6.45, 7) is 17.9. The fraction of sp³-hybridized carbons (Fsp3) is 0.650. The lowest BCUT2D eigenvalue weighted by molar-refractivity contribution is -0.123. The highest BCUT2D eigenvalue weighted by Crippen LogP contribution is 2.36. The standard InChI is InChI=1S/C40H57FN6O7/c1-25-18-44(32(19-45-26(2)22-51-23-27(45)3)20-46(25)39(50)54-40(5,6)7)21-35(48)47-28(4)24-53-38-34(47)16-30(15-29-10-12-31(41)13-11-29)36(43-38)37(49)42-17-33-9-8-14-52-33/h10-13,16,25-28,32-33H,8-9,14-15,17-24H2,1-7H3,(H,42,49)/t25-,26-,27-,28+,32+,33-/m1/s1. The number of anilines is 1. The molecule has 6 rings (SSSR count). The molecule has 0 radical (unpaired) electrons. The van der Waals surface area contributed by atoms with Crippen LogP contribution < -0.4 is 15.0 Å². The molecule has 3 fully saturated rings. The van der Waals surface area contributed by atoms with E-state index in [1.54, 1.807) is 21.9 Å². The molecule has 3 amide bonds. The van der Waals surface area contributed by atoms with Gasteiger partial charge in [-0.2, -0.15) is 0 Å². The molecular weight excluding hydrogens is 695 g/mol. The van der Waals surface area contributed by atoms with Gasteiger partial charge in [0.1, 0.15) is 29.4 Å². The lowest BCUT2D eigenvalue weighted by Crippen LogP contribution is -2.65. The van der Waals surface area contributed by atoms with Gasteiger partial charge in [-0.25, -0.2) is 14.2 Å². The first-order chi connectivity index (χ1) is 25.7. The lowest BCUT2D eigenvalue weighted by atomic mass is 10.0. The average molecular weight is 753 g/mol. The number of hydrogen-bond donors (Lipinski definition) is 1. The summed E-state index contributed by atoms with van der Waals surface area (Å²) in [7, 11) is 0. The van der Waals surface area contributed by atoms with Crippen LogP contribution in [0, 0.1) is 5.82 Å². The number of halogens is 1. The van der Waals surface area contributed by atoms with Gasteiger partial charge >= 0.3 is 6.09 Å². The number of nitrogens with one attached hydrogen (secondary N) is 1. The van der Waals surface area contributed by atoms with Crippen molar-refractivity contribution in [1.29, 1.82) is 0 Å². The molecule has 0 spiro atoms. The van der Waals surface area contributed by atoms with E-state index in [9.17, 15) is 18.8 Å². The average Bonchev–Trinajstić information content (AvgIpc) is 3.63. The van der Waals surface area contributed by atoms with E-state index < -0.39 is 5.60 Å². The van der Waals surface area contributed by atoms with Gasteiger partial charge in [-0.15, -0.1) is 0 Å². The van der Waals surface area contributed by atoms with Crippen molar-refractivity contribution in [3.05, 3.63) is 53.0 Å². The molecule has 1 aromatic carbocycles. The number of rotatable bonds is 9. The second-order valence-corrected chi connectivity index (χ2v) is 16.4. The van der Waals surface area contributed by atoms with Crippen molar-refractivity contribution in [2.75, 3.05) is 64.1 Å². The van der Waals surface area contributed by atoms with Gasteiger partial charge in [-0.3, -0.25) is 19.4 Å². The van der Waals surface area contributed by atoms with Gasteiger partial charge in [-0.05, 0) is 97.1 Å². The number of ether oxygens (including phenoxy) is 4. The summed E-state index contributed by atoms with van der Waals surface area (Å²) in [4.78, 5) is 54.5. The van der Waals surface area contributed by atoms with Gasteiger partial charge in [0.15, 0.2) is 0 Å². The van der Waals surface area contributed by atoms with Crippen molar-refractivity contribution < 1.29 is 37.7 Å². The molecule has 6 atom stereocenters. The first-order valence-electron chi connectivity index (χ1n) is 19.4. The van der Waals surface area contributed by atoms with Crippen LogP contribution in [0.15, 0.2) is 30.3 Å². The highest BCUT2D eigenvalue weighted by molar-refractivity contribution is 5.99. The molecule has 14 heteroatoms. The predicted molar refractivity (Wildman–Crippen MR) is 201 cm³/mol. The predicted octanol–water partition coefficient (Wildman–Crippen LogP) is 4.25. The minimum absolute atomic E-state index is 0.0513. The summed E-state index contributed by atoms with van der Waals surface area (Å²) in [5.41, 5.74) is 1.42. The molecule has 1 aromatic heterocycles. The highest BCUT2D eigenvalue weighted by Gasteiger charge is 2.41. The lowest BCUT2D eigenvalue weighted by Gasteiger charge is -2.49. The van der Waals surface area contributed by atoms with Crippen LogP contribution >= 0.6 is 0 Å². The van der Waals surface area contributed by atoms with E-state index in [-0.39, 0.29) is 84.8 Å². The van der Waals surface area contributed by atoms with Gasteiger partial charge < -0.3 is 34.1 Å². The van der Waals surface area contributed by atoms with Crippen molar-refractivity contribution in [1.82, 2.24) is 25.0 Å². The molecule has 0 unspecified atom stereocenters. The van der Waals surface area contributed by atoms with Gasteiger partial charge in [0.25, 0.3) is 5.91 Å². The highest BCUT2D eigenvalue weighted by atomic mass is 19.1. The summed E-state index contributed by atoms with van der Waals surface area (Å²) >= 11 is 0. The molecule has 0 bridgehead atoms. The molecule has 0 aliphatic carbocycles. The maximum Gasteiger partial charge on any atom is 0.410 e. The van der Waals surface area contributed by atoms with Crippen LogP contribution in [0.1, 0.15) is 82.9 Å². The van der Waals surface area contributed by atoms with Crippen LogP contribution in [0.4, 0.5) is 14.9 Å². The van der Waals surface area contributed by atoms with Gasteiger partial charge in [0.05, 0.1) is 31.9 Å². The number of piperazine rings is 1. The van der Waals surface area contributed by atoms with Gasteiger partial charge in [0, 0.05) is 57.0 Å². The Morgan fingerprint density at radius 1 is 0.981 bits per heavy atom. The van der Waals surface area contributed by atoms with Crippen molar-refractivity contribution in [3.63, 3.8) is 0 Å². The quantitative estimate of drug-likeness (QED) is 0.398. The van der Waals surface area contributed by atoms with E-state index in [1.807, 2.05) is 40.7 Å². The van der Waals surface area contributed by atoms with Crippen LogP contribution in [-0.4, -0.2) is 139 Å². The Balaban J connectivity index is 1.28. The van der Waals surface area contributed by atoms with Crippen molar-refractivity contribution >= 4 is 23.6 Å². The van der Waals surface area contributed by atoms with Gasteiger partial charge in [0.2, 0.25) is 11.8 Å². The fourth-order valence-corrected chi connectivity index (χ4v) is 7.88. The topological polar surface area (TPSA) is 126 Å².